The van der Waals surface area contributed by atoms with Gasteiger partial charge in [-0.15, -0.1) is 23.2 Å². The Hall–Kier alpha value is -0.510. The highest BCUT2D eigenvalue weighted by molar-refractivity contribution is 6.30. The van der Waals surface area contributed by atoms with Crippen molar-refractivity contribution in [3.8, 4) is 0 Å². The highest BCUT2D eigenvalue weighted by Gasteiger charge is 2.23. The second-order valence-corrected chi connectivity index (χ2v) is 4.56. The van der Waals surface area contributed by atoms with Gasteiger partial charge in [0, 0.05) is 25.8 Å². The molecule has 2 rings (SSSR count). The number of pyridine rings is 1. The summed E-state index contributed by atoms with van der Waals surface area (Å²) in [5.41, 5.74) is 0.934. The fourth-order valence-corrected chi connectivity index (χ4v) is 2.08. The fraction of sp³-hybridized carbons (Fsp3) is 0.500. The Morgan fingerprint density at radius 3 is 3.07 bits per heavy atom. The molecule has 1 N–H and O–H groups in total. The molecule has 0 aliphatic carbocycles. The average molecular weight is 246 g/mol. The van der Waals surface area contributed by atoms with E-state index in [2.05, 4.69) is 15.2 Å². The molecule has 1 aromatic rings. The number of aromatic nitrogens is 1. The number of halogens is 2. The van der Waals surface area contributed by atoms with E-state index in [4.69, 9.17) is 23.2 Å². The van der Waals surface area contributed by atoms with E-state index in [0.717, 1.165) is 25.3 Å². The zero-order valence-corrected chi connectivity index (χ0v) is 9.75. The Morgan fingerprint density at radius 2 is 2.33 bits per heavy atom. The zero-order chi connectivity index (χ0) is 10.7. The Labute approximate surface area is 99.4 Å². The smallest absolute Gasteiger partial charge is 0.101 e. The molecule has 1 aromatic heterocycles. The van der Waals surface area contributed by atoms with Gasteiger partial charge in [-0.3, -0.25) is 10.3 Å². The number of anilines is 1. The van der Waals surface area contributed by atoms with Crippen LogP contribution in [0, 0.1) is 0 Å². The molecule has 0 saturated carbocycles. The van der Waals surface area contributed by atoms with E-state index in [0.29, 0.717) is 0 Å². The molecule has 2 unspecified atom stereocenters. The molecule has 1 aliphatic heterocycles. The molecule has 0 amide bonds. The summed E-state index contributed by atoms with van der Waals surface area (Å²) in [6, 6.07) is 3.96. The summed E-state index contributed by atoms with van der Waals surface area (Å²) in [5, 5.41) is 3.08. The van der Waals surface area contributed by atoms with Crippen molar-refractivity contribution in [1.29, 1.82) is 0 Å². The summed E-state index contributed by atoms with van der Waals surface area (Å²) in [7, 11) is 0. The Balaban J connectivity index is 2.10. The molecule has 3 nitrogen and oxygen atoms in total. The van der Waals surface area contributed by atoms with Crippen molar-refractivity contribution in [3.63, 3.8) is 0 Å². The lowest BCUT2D eigenvalue weighted by Crippen LogP contribution is -2.33. The van der Waals surface area contributed by atoms with Crippen LogP contribution < -0.4 is 10.2 Å². The molecule has 2 heterocycles. The summed E-state index contributed by atoms with van der Waals surface area (Å²) < 4.78 is 0. The van der Waals surface area contributed by atoms with Crippen molar-refractivity contribution in [1.82, 2.24) is 10.3 Å². The molecule has 0 aromatic carbocycles. The molecule has 2 atom stereocenters. The van der Waals surface area contributed by atoms with E-state index in [1.165, 1.54) is 0 Å². The van der Waals surface area contributed by atoms with Gasteiger partial charge < -0.3 is 4.90 Å². The molecule has 1 saturated heterocycles. The highest BCUT2D eigenvalue weighted by atomic mass is 35.5. The van der Waals surface area contributed by atoms with Crippen LogP contribution in [0.3, 0.4) is 0 Å². The van der Waals surface area contributed by atoms with Crippen LogP contribution in [0.1, 0.15) is 0 Å². The highest BCUT2D eigenvalue weighted by Crippen LogP contribution is 2.18. The Morgan fingerprint density at radius 1 is 1.47 bits per heavy atom. The maximum absolute atomic E-state index is 6.16. The van der Waals surface area contributed by atoms with Gasteiger partial charge in [-0.25, -0.2) is 0 Å². The molecule has 0 spiro atoms. The van der Waals surface area contributed by atoms with Crippen LogP contribution in [0.15, 0.2) is 24.5 Å². The average Bonchev–Trinajstić information content (AvgIpc) is 2.43. The van der Waals surface area contributed by atoms with E-state index in [1.54, 1.807) is 6.20 Å². The standard InChI is InChI=1S/C10H13Cl2N3/c11-9-7-15(5-4-14-10(9)12)8-2-1-3-13-6-8/h1-3,6,9-10,14H,4-5,7H2. The Kier molecular flexibility index (Phi) is 3.67. The van der Waals surface area contributed by atoms with Gasteiger partial charge in [-0.1, -0.05) is 0 Å². The van der Waals surface area contributed by atoms with Gasteiger partial charge in [-0.2, -0.15) is 0 Å². The number of hydrogen-bond acceptors (Lipinski definition) is 3. The van der Waals surface area contributed by atoms with Crippen LogP contribution in [-0.2, 0) is 0 Å². The fourth-order valence-electron chi connectivity index (χ4n) is 1.63. The first-order valence-electron chi connectivity index (χ1n) is 4.94. The number of hydrogen-bond donors (Lipinski definition) is 1. The monoisotopic (exact) mass is 245 g/mol. The van der Waals surface area contributed by atoms with Crippen LogP contribution in [-0.4, -0.2) is 35.5 Å². The van der Waals surface area contributed by atoms with E-state index in [1.807, 2.05) is 18.3 Å². The van der Waals surface area contributed by atoms with Gasteiger partial charge in [0.2, 0.25) is 0 Å². The largest absolute Gasteiger partial charge is 0.367 e. The summed E-state index contributed by atoms with van der Waals surface area (Å²) in [5.74, 6) is 0. The summed E-state index contributed by atoms with van der Waals surface area (Å²) in [6.07, 6.45) is 3.61. The molecule has 15 heavy (non-hydrogen) atoms. The molecule has 5 heteroatoms. The predicted octanol–water partition coefficient (Wildman–Crippen LogP) is 1.66. The molecule has 0 radical (unpaired) electrons. The first kappa shape index (κ1) is 11.0. The molecule has 1 fully saturated rings. The van der Waals surface area contributed by atoms with Gasteiger partial charge in [0.25, 0.3) is 0 Å². The number of alkyl halides is 2. The molecule has 0 bridgehead atoms. The van der Waals surface area contributed by atoms with Crippen molar-refractivity contribution >= 4 is 28.9 Å². The van der Waals surface area contributed by atoms with Gasteiger partial charge in [-0.05, 0) is 12.1 Å². The molecule has 1 aliphatic rings. The topological polar surface area (TPSA) is 28.2 Å². The lowest BCUT2D eigenvalue weighted by molar-refractivity contribution is 0.674. The van der Waals surface area contributed by atoms with Crippen LogP contribution in [0.5, 0.6) is 0 Å². The summed E-state index contributed by atoms with van der Waals surface area (Å²) in [6.45, 7) is 2.48. The van der Waals surface area contributed by atoms with Crippen LogP contribution in [0.2, 0.25) is 0 Å². The lowest BCUT2D eigenvalue weighted by atomic mass is 10.3. The maximum atomic E-state index is 6.16. The normalized spacial score (nSPS) is 27.5. The maximum Gasteiger partial charge on any atom is 0.101 e. The van der Waals surface area contributed by atoms with E-state index >= 15 is 0 Å². The third-order valence-corrected chi connectivity index (χ3v) is 3.42. The molecular weight excluding hydrogens is 233 g/mol. The summed E-state index contributed by atoms with van der Waals surface area (Å²) >= 11 is 12.2. The van der Waals surface area contributed by atoms with Crippen molar-refractivity contribution < 1.29 is 0 Å². The van der Waals surface area contributed by atoms with E-state index in [9.17, 15) is 0 Å². The van der Waals surface area contributed by atoms with Crippen LogP contribution in [0.4, 0.5) is 5.69 Å². The third kappa shape index (κ3) is 2.74. The first-order valence-corrected chi connectivity index (χ1v) is 5.81. The second kappa shape index (κ2) is 5.01. The minimum atomic E-state index is -0.159. The van der Waals surface area contributed by atoms with Gasteiger partial charge >= 0.3 is 0 Å². The quantitative estimate of drug-likeness (QED) is 0.603. The predicted molar refractivity (Wildman–Crippen MR) is 63.7 cm³/mol. The van der Waals surface area contributed by atoms with Crippen molar-refractivity contribution in [3.05, 3.63) is 24.5 Å². The summed E-state index contributed by atoms with van der Waals surface area (Å²) in [4.78, 5) is 6.29. The minimum absolute atomic E-state index is 0.0885. The lowest BCUT2D eigenvalue weighted by Gasteiger charge is -2.23. The Bertz CT molecular complexity index is 307. The van der Waals surface area contributed by atoms with Crippen LogP contribution in [0.25, 0.3) is 0 Å². The number of nitrogens with zero attached hydrogens (tertiary/aromatic N) is 2. The molecular formula is C10H13Cl2N3. The van der Waals surface area contributed by atoms with Crippen molar-refractivity contribution in [2.75, 3.05) is 24.5 Å². The third-order valence-electron chi connectivity index (χ3n) is 2.44. The number of nitrogens with one attached hydrogen (secondary N) is 1. The minimum Gasteiger partial charge on any atom is -0.367 e. The second-order valence-electron chi connectivity index (χ2n) is 3.53. The van der Waals surface area contributed by atoms with E-state index in [-0.39, 0.29) is 10.9 Å². The zero-order valence-electron chi connectivity index (χ0n) is 8.24. The number of rotatable bonds is 1. The van der Waals surface area contributed by atoms with Crippen molar-refractivity contribution in [2.45, 2.75) is 10.9 Å². The van der Waals surface area contributed by atoms with Gasteiger partial charge in [0.15, 0.2) is 0 Å². The van der Waals surface area contributed by atoms with Crippen molar-refractivity contribution in [2.24, 2.45) is 0 Å². The first-order chi connectivity index (χ1) is 7.27. The van der Waals surface area contributed by atoms with E-state index < -0.39 is 0 Å². The molecule has 82 valence electrons. The van der Waals surface area contributed by atoms with Crippen LogP contribution >= 0.6 is 23.2 Å². The van der Waals surface area contributed by atoms with Gasteiger partial charge in [0.1, 0.15) is 5.50 Å². The SMILES string of the molecule is ClC1CN(c2cccnc2)CCNC1Cl. The van der Waals surface area contributed by atoms with Gasteiger partial charge in [0.05, 0.1) is 17.3 Å².